The molecule has 0 saturated heterocycles. The van der Waals surface area contributed by atoms with Crippen molar-refractivity contribution >= 4 is 92.9 Å². The van der Waals surface area contributed by atoms with E-state index in [1.165, 1.54) is 17.5 Å². The van der Waals surface area contributed by atoms with Crippen molar-refractivity contribution in [3.8, 4) is 22.3 Å². The summed E-state index contributed by atoms with van der Waals surface area (Å²) in [5.41, 5.74) is 8.02. The van der Waals surface area contributed by atoms with Crippen LogP contribution < -0.4 is 4.90 Å². The Bertz CT molecular complexity index is 3680. The summed E-state index contributed by atoms with van der Waals surface area (Å²) in [7, 11) is 0. The van der Waals surface area contributed by atoms with E-state index in [0.29, 0.717) is 5.69 Å². The highest BCUT2D eigenvalue weighted by molar-refractivity contribution is 6.27. The molecule has 0 aliphatic rings. The number of pyridine rings is 1. The van der Waals surface area contributed by atoms with Crippen LogP contribution in [-0.2, 0) is 0 Å². The number of halogens is 2. The van der Waals surface area contributed by atoms with E-state index in [2.05, 4.69) is 114 Å². The third-order valence-electron chi connectivity index (χ3n) is 12.0. The molecule has 5 heteroatoms. The zero-order valence-electron chi connectivity index (χ0n) is 32.0. The van der Waals surface area contributed by atoms with Crippen LogP contribution in [0.25, 0.3) is 98.1 Å². The summed E-state index contributed by atoms with van der Waals surface area (Å²) >= 11 is 0. The fourth-order valence-electron chi connectivity index (χ4n) is 9.19. The number of furan rings is 1. The van der Waals surface area contributed by atoms with Crippen LogP contribution in [0.3, 0.4) is 0 Å². The van der Waals surface area contributed by atoms with E-state index in [4.69, 9.17) is 4.42 Å². The predicted molar refractivity (Wildman–Crippen MR) is 245 cm³/mol. The molecule has 0 N–H and O–H groups in total. The van der Waals surface area contributed by atoms with E-state index in [1.54, 1.807) is 0 Å². The Kier molecular flexibility index (Phi) is 7.59. The molecule has 12 rings (SSSR count). The van der Waals surface area contributed by atoms with Crippen molar-refractivity contribution in [3.63, 3.8) is 0 Å². The zero-order chi connectivity index (χ0) is 39.9. The monoisotopic (exact) mass is 774 g/mol. The molecule has 10 aromatic carbocycles. The fourth-order valence-corrected chi connectivity index (χ4v) is 9.19. The summed E-state index contributed by atoms with van der Waals surface area (Å²) in [5, 5.41) is 13.2. The zero-order valence-corrected chi connectivity index (χ0v) is 32.0. The third kappa shape index (κ3) is 5.44. The van der Waals surface area contributed by atoms with Crippen molar-refractivity contribution in [3.05, 3.63) is 206 Å². The number of hydrogen-bond donors (Lipinski definition) is 0. The Hall–Kier alpha value is -7.89. The standard InChI is InChI=1S/C55H32F2N2O/c56-40-29-41(57)31-44(30-40)59(43-20-15-33-7-1-2-8-35(33)26-43)42-18-13-34(14-19-42)36-16-21-47-39(25-36)17-22-49-53-51(28-38-10-4-6-12-46(38)55(53)60-54(47)49)50-27-37-9-3-5-11-45(37)52-32-58-24-23-48(50)52/h1-32H. The molecule has 0 aliphatic heterocycles. The smallest absolute Gasteiger partial charge is 0.143 e. The minimum Gasteiger partial charge on any atom is -0.455 e. The van der Waals surface area contributed by atoms with Gasteiger partial charge < -0.3 is 9.32 Å². The van der Waals surface area contributed by atoms with E-state index >= 15 is 0 Å². The van der Waals surface area contributed by atoms with Gasteiger partial charge in [0.15, 0.2) is 0 Å². The molecule has 0 atom stereocenters. The SMILES string of the molecule is Fc1cc(F)cc(N(c2ccc(-c3ccc4c(ccc5c4oc4c6ccccc6cc(-c6cc7ccccc7c7cnccc67)c54)c3)cc2)c2ccc3ccccc3c2)c1. The Labute approximate surface area is 343 Å². The van der Waals surface area contributed by atoms with Crippen molar-refractivity contribution in [2.24, 2.45) is 0 Å². The van der Waals surface area contributed by atoms with Crippen LogP contribution in [-0.4, -0.2) is 4.98 Å². The van der Waals surface area contributed by atoms with E-state index < -0.39 is 11.6 Å². The van der Waals surface area contributed by atoms with Crippen LogP contribution in [0.4, 0.5) is 25.8 Å². The number of benzene rings is 10. The first-order valence-electron chi connectivity index (χ1n) is 20.0. The maximum absolute atomic E-state index is 14.6. The highest BCUT2D eigenvalue weighted by Crippen LogP contribution is 2.46. The number of anilines is 3. The van der Waals surface area contributed by atoms with Gasteiger partial charge in [-0.25, -0.2) is 8.78 Å². The molecule has 0 saturated carbocycles. The molecule has 60 heavy (non-hydrogen) atoms. The number of rotatable bonds is 5. The average Bonchev–Trinajstić information content (AvgIpc) is 3.69. The highest BCUT2D eigenvalue weighted by atomic mass is 19.1. The summed E-state index contributed by atoms with van der Waals surface area (Å²) in [6, 6.07) is 60.4. The Morgan fingerprint density at radius 3 is 1.82 bits per heavy atom. The number of nitrogens with zero attached hydrogens (tertiary/aromatic N) is 2. The maximum atomic E-state index is 14.6. The number of aromatic nitrogens is 1. The maximum Gasteiger partial charge on any atom is 0.143 e. The van der Waals surface area contributed by atoms with Gasteiger partial charge in [0.25, 0.3) is 0 Å². The molecule has 0 radical (unpaired) electrons. The summed E-state index contributed by atoms with van der Waals surface area (Å²) in [6.45, 7) is 0. The fraction of sp³-hybridized carbons (Fsp3) is 0. The minimum absolute atomic E-state index is 0.401. The molecule has 2 aromatic heterocycles. The molecule has 12 aromatic rings. The number of fused-ring (bicyclic) bond motifs is 11. The van der Waals surface area contributed by atoms with Crippen molar-refractivity contribution in [2.45, 2.75) is 0 Å². The molecule has 0 spiro atoms. The van der Waals surface area contributed by atoms with Crippen LogP contribution in [0, 0.1) is 11.6 Å². The lowest BCUT2D eigenvalue weighted by molar-refractivity contribution is 0.584. The normalized spacial score (nSPS) is 11.8. The van der Waals surface area contributed by atoms with Gasteiger partial charge in [-0.15, -0.1) is 0 Å². The van der Waals surface area contributed by atoms with E-state index in [-0.39, 0.29) is 0 Å². The van der Waals surface area contributed by atoms with E-state index in [0.717, 1.165) is 110 Å². The molecule has 0 amide bonds. The summed E-state index contributed by atoms with van der Waals surface area (Å²) in [5.74, 6) is -1.27. The van der Waals surface area contributed by atoms with Crippen LogP contribution in [0.5, 0.6) is 0 Å². The van der Waals surface area contributed by atoms with E-state index in [1.807, 2.05) is 71.9 Å². The second-order valence-corrected chi connectivity index (χ2v) is 15.4. The second kappa shape index (κ2) is 13.3. The molecular weight excluding hydrogens is 743 g/mol. The van der Waals surface area contributed by atoms with Crippen LogP contribution in [0.2, 0.25) is 0 Å². The van der Waals surface area contributed by atoms with Crippen molar-refractivity contribution in [1.29, 1.82) is 0 Å². The summed E-state index contributed by atoms with van der Waals surface area (Å²) in [4.78, 5) is 6.40. The van der Waals surface area contributed by atoms with Crippen molar-refractivity contribution in [2.75, 3.05) is 4.90 Å². The van der Waals surface area contributed by atoms with Gasteiger partial charge in [-0.1, -0.05) is 103 Å². The lowest BCUT2D eigenvalue weighted by atomic mass is 9.90. The summed E-state index contributed by atoms with van der Waals surface area (Å²) in [6.07, 6.45) is 3.84. The average molecular weight is 775 g/mol. The molecule has 3 nitrogen and oxygen atoms in total. The van der Waals surface area contributed by atoms with Gasteiger partial charge in [-0.3, -0.25) is 4.98 Å². The first kappa shape index (κ1) is 34.2. The molecule has 2 heterocycles. The van der Waals surface area contributed by atoms with E-state index in [9.17, 15) is 8.78 Å². The Morgan fingerprint density at radius 2 is 1.00 bits per heavy atom. The van der Waals surface area contributed by atoms with Gasteiger partial charge in [0.2, 0.25) is 0 Å². The largest absolute Gasteiger partial charge is 0.455 e. The Morgan fingerprint density at radius 1 is 0.383 bits per heavy atom. The molecule has 0 aliphatic carbocycles. The summed E-state index contributed by atoms with van der Waals surface area (Å²) < 4.78 is 36.3. The Balaban J connectivity index is 0.991. The lowest BCUT2D eigenvalue weighted by Gasteiger charge is -2.26. The van der Waals surface area contributed by atoms with Gasteiger partial charge in [0.05, 0.1) is 5.69 Å². The van der Waals surface area contributed by atoms with Crippen LogP contribution >= 0.6 is 0 Å². The van der Waals surface area contributed by atoms with Crippen LogP contribution in [0.15, 0.2) is 199 Å². The first-order valence-corrected chi connectivity index (χ1v) is 20.0. The lowest BCUT2D eigenvalue weighted by Crippen LogP contribution is -2.10. The van der Waals surface area contributed by atoms with Gasteiger partial charge in [0.1, 0.15) is 22.8 Å². The minimum atomic E-state index is -0.633. The third-order valence-corrected chi connectivity index (χ3v) is 12.0. The number of hydrogen-bond acceptors (Lipinski definition) is 3. The second-order valence-electron chi connectivity index (χ2n) is 15.4. The van der Waals surface area contributed by atoms with Gasteiger partial charge in [0, 0.05) is 56.8 Å². The van der Waals surface area contributed by atoms with Gasteiger partial charge in [-0.2, -0.15) is 0 Å². The van der Waals surface area contributed by atoms with Gasteiger partial charge in [-0.05, 0) is 133 Å². The predicted octanol–water partition coefficient (Wildman–Crippen LogP) is 15.8. The molecule has 282 valence electrons. The molecule has 0 unspecified atom stereocenters. The topological polar surface area (TPSA) is 29.3 Å². The first-order chi connectivity index (χ1) is 29.5. The van der Waals surface area contributed by atoms with Crippen LogP contribution in [0.1, 0.15) is 0 Å². The highest BCUT2D eigenvalue weighted by Gasteiger charge is 2.21. The van der Waals surface area contributed by atoms with Crippen molar-refractivity contribution in [1.82, 2.24) is 4.98 Å². The van der Waals surface area contributed by atoms with Crippen molar-refractivity contribution < 1.29 is 13.2 Å². The molecular formula is C55H32F2N2O. The van der Waals surface area contributed by atoms with Gasteiger partial charge >= 0.3 is 0 Å². The quantitative estimate of drug-likeness (QED) is 0.163. The molecule has 0 bridgehead atoms. The molecule has 0 fully saturated rings.